The number of aryl methyl sites for hydroxylation is 3. The number of nitrogens with zero attached hydrogens (tertiary/aromatic N) is 6. The molecule has 8 heteroatoms. The molecule has 4 aromatic rings. The van der Waals surface area contributed by atoms with Gasteiger partial charge in [0.25, 0.3) is 0 Å². The summed E-state index contributed by atoms with van der Waals surface area (Å²) in [7, 11) is 1.86. The van der Waals surface area contributed by atoms with Gasteiger partial charge in [-0.05, 0) is 37.6 Å². The van der Waals surface area contributed by atoms with Crippen LogP contribution in [0.4, 0.5) is 5.82 Å². The highest BCUT2D eigenvalue weighted by molar-refractivity contribution is 5.96. The van der Waals surface area contributed by atoms with E-state index in [9.17, 15) is 4.79 Å². The molecular weight excluding hydrogens is 330 g/mol. The van der Waals surface area contributed by atoms with Gasteiger partial charge >= 0.3 is 0 Å². The van der Waals surface area contributed by atoms with E-state index in [4.69, 9.17) is 4.98 Å². The van der Waals surface area contributed by atoms with Crippen molar-refractivity contribution in [3.63, 3.8) is 0 Å². The maximum atomic E-state index is 12.3. The molecule has 0 saturated heterocycles. The number of carbonyl (C=O) groups is 1. The quantitative estimate of drug-likeness (QED) is 0.569. The highest BCUT2D eigenvalue weighted by Gasteiger charge is 2.32. The lowest BCUT2D eigenvalue weighted by atomic mass is 9.87. The fourth-order valence-electron chi connectivity index (χ4n) is 3.78. The number of rotatable bonds is 1. The molecule has 26 heavy (non-hydrogen) atoms. The van der Waals surface area contributed by atoms with Crippen molar-refractivity contribution in [2.75, 3.05) is 5.32 Å². The minimum Gasteiger partial charge on any atom is -0.309 e. The lowest BCUT2D eigenvalue weighted by Gasteiger charge is -2.22. The number of hydrogen-bond acceptors (Lipinski definition) is 5. The first kappa shape index (κ1) is 15.0. The number of fused-ring (bicyclic) bond motifs is 4. The second kappa shape index (κ2) is 5.10. The van der Waals surface area contributed by atoms with Crippen LogP contribution in [-0.2, 0) is 11.8 Å². The molecule has 0 bridgehead atoms. The van der Waals surface area contributed by atoms with E-state index in [-0.39, 0.29) is 11.8 Å². The molecule has 0 unspecified atom stereocenters. The average Bonchev–Trinajstić information content (AvgIpc) is 3.15. The Morgan fingerprint density at radius 3 is 2.92 bits per heavy atom. The Morgan fingerprint density at radius 2 is 2.08 bits per heavy atom. The van der Waals surface area contributed by atoms with E-state index < -0.39 is 0 Å². The Kier molecular flexibility index (Phi) is 2.95. The zero-order valence-electron chi connectivity index (χ0n) is 14.7. The van der Waals surface area contributed by atoms with Crippen molar-refractivity contribution in [1.82, 2.24) is 29.6 Å². The second-order valence-corrected chi connectivity index (χ2v) is 6.80. The van der Waals surface area contributed by atoms with Crippen molar-refractivity contribution >= 4 is 28.4 Å². The first-order chi connectivity index (χ1) is 12.5. The van der Waals surface area contributed by atoms with Gasteiger partial charge in [0.15, 0.2) is 11.5 Å². The van der Waals surface area contributed by atoms with Crippen LogP contribution in [-0.4, -0.2) is 35.5 Å². The normalized spacial score (nSPS) is 16.9. The molecule has 0 fully saturated rings. The molecule has 1 aliphatic rings. The first-order valence-corrected chi connectivity index (χ1v) is 8.47. The number of anilines is 1. The van der Waals surface area contributed by atoms with Crippen LogP contribution >= 0.6 is 0 Å². The number of nitrogens with one attached hydrogen (secondary N) is 1. The summed E-state index contributed by atoms with van der Waals surface area (Å²) in [6.07, 6.45) is 0.356. The molecule has 4 heterocycles. The van der Waals surface area contributed by atoms with Gasteiger partial charge < -0.3 is 5.32 Å². The molecule has 1 aromatic carbocycles. The van der Waals surface area contributed by atoms with E-state index in [0.717, 1.165) is 39.2 Å². The van der Waals surface area contributed by atoms with Crippen LogP contribution in [0.5, 0.6) is 0 Å². The number of aromatic nitrogens is 6. The van der Waals surface area contributed by atoms with Crippen molar-refractivity contribution in [2.45, 2.75) is 26.2 Å². The third-order valence-corrected chi connectivity index (χ3v) is 4.96. The number of benzene rings is 1. The zero-order chi connectivity index (χ0) is 18.0. The van der Waals surface area contributed by atoms with Crippen LogP contribution in [0.25, 0.3) is 16.7 Å². The van der Waals surface area contributed by atoms with Crippen LogP contribution < -0.4 is 5.32 Å². The molecule has 5 rings (SSSR count). The van der Waals surface area contributed by atoms with E-state index in [1.54, 1.807) is 9.20 Å². The lowest BCUT2D eigenvalue weighted by Crippen LogP contribution is -2.23. The largest absolute Gasteiger partial charge is 0.309 e. The maximum absolute atomic E-state index is 12.3. The summed E-state index contributed by atoms with van der Waals surface area (Å²) in [4.78, 5) is 17.0. The van der Waals surface area contributed by atoms with Crippen LogP contribution in [0, 0.1) is 13.8 Å². The van der Waals surface area contributed by atoms with Crippen molar-refractivity contribution in [3.05, 3.63) is 46.8 Å². The van der Waals surface area contributed by atoms with Gasteiger partial charge in [0.2, 0.25) is 5.91 Å². The average molecular weight is 347 g/mol. The molecule has 8 nitrogen and oxygen atoms in total. The van der Waals surface area contributed by atoms with Gasteiger partial charge in [0, 0.05) is 36.3 Å². The van der Waals surface area contributed by atoms with Gasteiger partial charge in [-0.15, -0.1) is 10.2 Å². The Labute approximate surface area is 148 Å². The second-order valence-electron chi connectivity index (χ2n) is 6.80. The monoisotopic (exact) mass is 347 g/mol. The molecule has 0 radical (unpaired) electrons. The van der Waals surface area contributed by atoms with E-state index >= 15 is 0 Å². The highest BCUT2D eigenvalue weighted by atomic mass is 16.1. The molecule has 130 valence electrons. The van der Waals surface area contributed by atoms with Gasteiger partial charge in [0.1, 0.15) is 5.52 Å². The molecule has 0 spiro atoms. The standard InChI is InChI=1S/C18H17N7O/c1-9-6-10(2)25-18(19-9)16-12(8-15(26)20-17(16)22-25)11-4-5-14-13(7-11)21-23-24(14)3/h4-7,12H,8H2,1-3H3,(H,20,22,26)/t12-/m1/s1. The fraction of sp³-hybridized carbons (Fsp3) is 0.278. The molecule has 3 aromatic heterocycles. The molecule has 1 amide bonds. The zero-order valence-corrected chi connectivity index (χ0v) is 14.7. The molecule has 1 atom stereocenters. The minimum absolute atomic E-state index is 0.0421. The first-order valence-electron chi connectivity index (χ1n) is 8.47. The number of amides is 1. The van der Waals surface area contributed by atoms with Crippen LogP contribution in [0.2, 0.25) is 0 Å². The summed E-state index contributed by atoms with van der Waals surface area (Å²) in [5.41, 5.74) is 6.46. The summed E-state index contributed by atoms with van der Waals surface area (Å²) in [5.74, 6) is 0.433. The molecule has 1 N–H and O–H groups in total. The topological polar surface area (TPSA) is 90.0 Å². The van der Waals surface area contributed by atoms with Crippen LogP contribution in [0.15, 0.2) is 24.3 Å². The third kappa shape index (κ3) is 2.05. The van der Waals surface area contributed by atoms with Crippen molar-refractivity contribution in [3.8, 4) is 0 Å². The predicted molar refractivity (Wildman–Crippen MR) is 96.1 cm³/mol. The number of hydrogen-bond donors (Lipinski definition) is 1. The molecule has 0 aliphatic carbocycles. The van der Waals surface area contributed by atoms with Gasteiger partial charge in [-0.25, -0.2) is 14.2 Å². The van der Waals surface area contributed by atoms with Crippen LogP contribution in [0.3, 0.4) is 0 Å². The van der Waals surface area contributed by atoms with E-state index in [1.807, 2.05) is 45.2 Å². The van der Waals surface area contributed by atoms with E-state index in [2.05, 4.69) is 20.7 Å². The Morgan fingerprint density at radius 1 is 1.23 bits per heavy atom. The summed E-state index contributed by atoms with van der Waals surface area (Å²) in [6, 6.07) is 8.01. The lowest BCUT2D eigenvalue weighted by molar-refractivity contribution is -0.116. The van der Waals surface area contributed by atoms with Crippen LogP contribution in [0.1, 0.15) is 34.9 Å². The van der Waals surface area contributed by atoms with Crippen molar-refractivity contribution in [1.29, 1.82) is 0 Å². The van der Waals surface area contributed by atoms with E-state index in [0.29, 0.717) is 12.2 Å². The molecular formula is C18H17N7O. The summed E-state index contributed by atoms with van der Waals surface area (Å²) < 4.78 is 3.54. The van der Waals surface area contributed by atoms with Crippen molar-refractivity contribution in [2.24, 2.45) is 7.05 Å². The Balaban J connectivity index is 1.76. The Bertz CT molecular complexity index is 1200. The molecule has 1 aliphatic heterocycles. The smallest absolute Gasteiger partial charge is 0.226 e. The number of carbonyl (C=O) groups excluding carboxylic acids is 1. The highest BCUT2D eigenvalue weighted by Crippen LogP contribution is 2.39. The predicted octanol–water partition coefficient (Wildman–Crippen LogP) is 2.10. The third-order valence-electron chi connectivity index (χ3n) is 4.96. The minimum atomic E-state index is -0.114. The SMILES string of the molecule is Cc1cc(C)n2nc3c(c2n1)[C@@H](c1ccc2c(c1)nnn2C)CC(=O)N3. The summed E-state index contributed by atoms with van der Waals surface area (Å²) in [6.45, 7) is 3.96. The van der Waals surface area contributed by atoms with E-state index in [1.165, 1.54) is 0 Å². The van der Waals surface area contributed by atoms with Crippen molar-refractivity contribution < 1.29 is 4.79 Å². The summed E-state index contributed by atoms with van der Waals surface area (Å²) >= 11 is 0. The van der Waals surface area contributed by atoms with Gasteiger partial charge in [-0.1, -0.05) is 11.3 Å². The van der Waals surface area contributed by atoms with Gasteiger partial charge in [0.05, 0.1) is 5.52 Å². The Hall–Kier alpha value is -3.29. The fourth-order valence-corrected chi connectivity index (χ4v) is 3.78. The summed E-state index contributed by atoms with van der Waals surface area (Å²) in [5, 5.41) is 15.7. The maximum Gasteiger partial charge on any atom is 0.226 e. The van der Waals surface area contributed by atoms with Gasteiger partial charge in [-0.3, -0.25) is 4.79 Å². The molecule has 0 saturated carbocycles. The van der Waals surface area contributed by atoms with Gasteiger partial charge in [-0.2, -0.15) is 0 Å².